The third-order valence-electron chi connectivity index (χ3n) is 5.30. The number of carbonyl (C=O) groups is 2. The van der Waals surface area contributed by atoms with Gasteiger partial charge in [0, 0.05) is 12.0 Å². The Balaban J connectivity index is 1.59. The van der Waals surface area contributed by atoms with Gasteiger partial charge in [-0.15, -0.1) is 0 Å². The van der Waals surface area contributed by atoms with Gasteiger partial charge in [0.15, 0.2) is 0 Å². The van der Waals surface area contributed by atoms with Gasteiger partial charge in [-0.25, -0.2) is 4.79 Å². The summed E-state index contributed by atoms with van der Waals surface area (Å²) in [5.41, 5.74) is 3.78. The van der Waals surface area contributed by atoms with Crippen LogP contribution < -0.4 is 5.32 Å². The molecule has 0 saturated heterocycles. The summed E-state index contributed by atoms with van der Waals surface area (Å²) in [5, 5.41) is 14.5. The summed E-state index contributed by atoms with van der Waals surface area (Å²) in [6, 6.07) is 18.5. The first-order valence-corrected chi connectivity index (χ1v) is 9.24. The molecule has 3 aromatic rings. The Kier molecular flexibility index (Phi) is 4.63. The molecule has 4 heteroatoms. The van der Waals surface area contributed by atoms with Crippen LogP contribution in [0.4, 0.5) is 0 Å². The van der Waals surface area contributed by atoms with Crippen LogP contribution in [-0.4, -0.2) is 23.0 Å². The van der Waals surface area contributed by atoms with E-state index in [0.717, 1.165) is 41.2 Å². The van der Waals surface area contributed by atoms with Crippen LogP contribution in [0.25, 0.3) is 10.8 Å². The van der Waals surface area contributed by atoms with Crippen LogP contribution in [0.3, 0.4) is 0 Å². The predicted octanol–water partition coefficient (Wildman–Crippen LogP) is 3.75. The Hall–Kier alpha value is -3.14. The normalized spacial score (nSPS) is 13.9. The molecule has 0 bridgehead atoms. The predicted molar refractivity (Wildman–Crippen MR) is 105 cm³/mol. The van der Waals surface area contributed by atoms with Gasteiger partial charge < -0.3 is 10.4 Å². The number of hydrogen-bond donors (Lipinski definition) is 2. The van der Waals surface area contributed by atoms with Crippen molar-refractivity contribution >= 4 is 22.6 Å². The molecule has 4 rings (SSSR count). The van der Waals surface area contributed by atoms with Crippen molar-refractivity contribution < 1.29 is 14.7 Å². The summed E-state index contributed by atoms with van der Waals surface area (Å²) in [4.78, 5) is 24.6. The Labute approximate surface area is 157 Å². The maximum atomic E-state index is 12.8. The largest absolute Gasteiger partial charge is 0.480 e. The van der Waals surface area contributed by atoms with Crippen LogP contribution >= 0.6 is 0 Å². The van der Waals surface area contributed by atoms with E-state index >= 15 is 0 Å². The van der Waals surface area contributed by atoms with E-state index < -0.39 is 12.0 Å². The zero-order valence-corrected chi connectivity index (χ0v) is 14.9. The molecule has 4 nitrogen and oxygen atoms in total. The second-order valence-electron chi connectivity index (χ2n) is 7.00. The van der Waals surface area contributed by atoms with Crippen LogP contribution in [0.15, 0.2) is 60.7 Å². The highest BCUT2D eigenvalue weighted by Crippen LogP contribution is 2.25. The van der Waals surface area contributed by atoms with Gasteiger partial charge in [0.25, 0.3) is 5.91 Å². The van der Waals surface area contributed by atoms with Crippen LogP contribution in [0.2, 0.25) is 0 Å². The lowest BCUT2D eigenvalue weighted by molar-refractivity contribution is -0.139. The summed E-state index contributed by atoms with van der Waals surface area (Å²) in [7, 11) is 0. The summed E-state index contributed by atoms with van der Waals surface area (Å²) in [6.07, 6.45) is 3.14. The Morgan fingerprint density at radius 2 is 1.74 bits per heavy atom. The number of rotatable bonds is 5. The molecule has 1 atom stereocenters. The minimum Gasteiger partial charge on any atom is -0.480 e. The number of fused-ring (bicyclic) bond motifs is 2. The lowest BCUT2D eigenvalue weighted by Crippen LogP contribution is -2.42. The van der Waals surface area contributed by atoms with E-state index in [1.54, 1.807) is 6.07 Å². The molecule has 0 spiro atoms. The molecule has 1 aliphatic carbocycles. The van der Waals surface area contributed by atoms with Crippen LogP contribution in [-0.2, 0) is 24.1 Å². The number of amides is 1. The molecule has 0 unspecified atom stereocenters. The molecule has 0 fully saturated rings. The quantitative estimate of drug-likeness (QED) is 0.729. The molecular formula is C23H21NO3. The van der Waals surface area contributed by atoms with Crippen molar-refractivity contribution in [3.05, 3.63) is 82.9 Å². The molecule has 0 heterocycles. The van der Waals surface area contributed by atoms with Gasteiger partial charge in [0.1, 0.15) is 6.04 Å². The van der Waals surface area contributed by atoms with Gasteiger partial charge in [-0.3, -0.25) is 4.79 Å². The summed E-state index contributed by atoms with van der Waals surface area (Å²) in [5.74, 6) is -1.33. The SMILES string of the molecule is O=C(N[C@@H](Cc1cccc2ccccc12)C(=O)O)c1cccc2c1CCC2. The van der Waals surface area contributed by atoms with Crippen LogP contribution in [0.5, 0.6) is 0 Å². The van der Waals surface area contributed by atoms with Crippen molar-refractivity contribution in [2.24, 2.45) is 0 Å². The number of benzene rings is 3. The second kappa shape index (κ2) is 7.23. The highest BCUT2D eigenvalue weighted by atomic mass is 16.4. The molecule has 1 aliphatic rings. The molecule has 136 valence electrons. The number of carbonyl (C=O) groups excluding carboxylic acids is 1. The summed E-state index contributed by atoms with van der Waals surface area (Å²) in [6.45, 7) is 0. The van der Waals surface area contributed by atoms with E-state index in [9.17, 15) is 14.7 Å². The lowest BCUT2D eigenvalue weighted by atomic mass is 9.98. The van der Waals surface area contributed by atoms with Crippen molar-refractivity contribution in [1.29, 1.82) is 0 Å². The maximum Gasteiger partial charge on any atom is 0.326 e. The molecular weight excluding hydrogens is 338 g/mol. The second-order valence-corrected chi connectivity index (χ2v) is 7.00. The molecule has 0 aromatic heterocycles. The first-order valence-electron chi connectivity index (χ1n) is 9.24. The third-order valence-corrected chi connectivity index (χ3v) is 5.30. The fourth-order valence-electron chi connectivity index (χ4n) is 3.96. The van der Waals surface area contributed by atoms with Gasteiger partial charge in [-0.2, -0.15) is 0 Å². The number of nitrogens with one attached hydrogen (secondary N) is 1. The number of aryl methyl sites for hydroxylation is 1. The van der Waals surface area contributed by atoms with E-state index in [1.807, 2.05) is 54.6 Å². The van der Waals surface area contributed by atoms with Crippen molar-refractivity contribution in [2.45, 2.75) is 31.7 Å². The van der Waals surface area contributed by atoms with Gasteiger partial charge in [0.2, 0.25) is 0 Å². The Morgan fingerprint density at radius 3 is 2.59 bits per heavy atom. The zero-order chi connectivity index (χ0) is 18.8. The average Bonchev–Trinajstić information content (AvgIpc) is 3.16. The summed E-state index contributed by atoms with van der Waals surface area (Å²) < 4.78 is 0. The molecule has 0 aliphatic heterocycles. The highest BCUT2D eigenvalue weighted by molar-refractivity contribution is 5.98. The van der Waals surface area contributed by atoms with Gasteiger partial charge >= 0.3 is 5.97 Å². The molecule has 2 N–H and O–H groups in total. The number of hydrogen-bond acceptors (Lipinski definition) is 2. The zero-order valence-electron chi connectivity index (χ0n) is 14.9. The first kappa shape index (κ1) is 17.3. The lowest BCUT2D eigenvalue weighted by Gasteiger charge is -2.17. The van der Waals surface area contributed by atoms with Crippen LogP contribution in [0, 0.1) is 0 Å². The van der Waals surface area contributed by atoms with Gasteiger partial charge in [-0.05, 0) is 52.8 Å². The third kappa shape index (κ3) is 3.43. The first-order chi connectivity index (χ1) is 13.1. The topological polar surface area (TPSA) is 66.4 Å². The smallest absolute Gasteiger partial charge is 0.326 e. The number of aliphatic carboxylic acids is 1. The minimum atomic E-state index is -1.02. The molecule has 0 radical (unpaired) electrons. The molecule has 27 heavy (non-hydrogen) atoms. The average molecular weight is 359 g/mol. The monoisotopic (exact) mass is 359 g/mol. The van der Waals surface area contributed by atoms with E-state index in [-0.39, 0.29) is 12.3 Å². The standard InChI is InChI=1S/C23H21NO3/c25-22(20-13-5-9-16-8-4-12-19(16)20)24-21(23(26)27)14-17-10-3-7-15-6-1-2-11-18(15)17/h1-3,5-7,9-11,13,21H,4,8,12,14H2,(H,24,25)(H,26,27)/t21-/m0/s1. The van der Waals surface area contributed by atoms with E-state index in [0.29, 0.717) is 5.56 Å². The number of carboxylic acid groups (broad SMARTS) is 1. The molecule has 3 aromatic carbocycles. The van der Waals surface area contributed by atoms with Gasteiger partial charge in [-0.1, -0.05) is 54.6 Å². The molecule has 0 saturated carbocycles. The van der Waals surface area contributed by atoms with E-state index in [4.69, 9.17) is 0 Å². The van der Waals surface area contributed by atoms with Crippen molar-refractivity contribution in [3.8, 4) is 0 Å². The van der Waals surface area contributed by atoms with E-state index in [1.165, 1.54) is 5.56 Å². The Morgan fingerprint density at radius 1 is 0.963 bits per heavy atom. The van der Waals surface area contributed by atoms with Crippen molar-refractivity contribution in [3.63, 3.8) is 0 Å². The fourth-order valence-corrected chi connectivity index (χ4v) is 3.96. The van der Waals surface area contributed by atoms with Crippen molar-refractivity contribution in [2.75, 3.05) is 0 Å². The molecule has 1 amide bonds. The Bertz CT molecular complexity index is 1020. The van der Waals surface area contributed by atoms with Gasteiger partial charge in [0.05, 0.1) is 0 Å². The van der Waals surface area contributed by atoms with Crippen LogP contribution in [0.1, 0.15) is 33.5 Å². The number of carboxylic acids is 1. The summed E-state index contributed by atoms with van der Waals surface area (Å²) >= 11 is 0. The minimum absolute atomic E-state index is 0.247. The van der Waals surface area contributed by atoms with Crippen molar-refractivity contribution in [1.82, 2.24) is 5.32 Å². The highest BCUT2D eigenvalue weighted by Gasteiger charge is 2.25. The maximum absolute atomic E-state index is 12.8. The fraction of sp³-hybridized carbons (Fsp3) is 0.217. The van der Waals surface area contributed by atoms with E-state index in [2.05, 4.69) is 5.32 Å².